The Hall–Kier alpha value is -2.01. The molecule has 4 amide bonds. The quantitative estimate of drug-likeness (QED) is 0.690. The van der Waals surface area contributed by atoms with Gasteiger partial charge >= 0.3 is 12.1 Å². The van der Waals surface area contributed by atoms with E-state index >= 15 is 0 Å². The molecule has 0 aromatic rings. The molecule has 2 aliphatic rings. The predicted molar refractivity (Wildman–Crippen MR) is 74.9 cm³/mol. The van der Waals surface area contributed by atoms with E-state index in [1.54, 1.807) is 6.92 Å². The van der Waals surface area contributed by atoms with Gasteiger partial charge in [-0.25, -0.2) is 23.0 Å². The van der Waals surface area contributed by atoms with Crippen molar-refractivity contribution in [3.05, 3.63) is 0 Å². The van der Waals surface area contributed by atoms with Crippen LogP contribution in [0.1, 0.15) is 6.92 Å². The van der Waals surface area contributed by atoms with Crippen LogP contribution >= 0.6 is 0 Å². The summed E-state index contributed by atoms with van der Waals surface area (Å²) in [7, 11) is -3.98. The molecule has 0 aromatic heterocycles. The van der Waals surface area contributed by atoms with E-state index in [4.69, 9.17) is 4.74 Å². The van der Waals surface area contributed by atoms with Gasteiger partial charge in [0.1, 0.15) is 0 Å². The summed E-state index contributed by atoms with van der Waals surface area (Å²) >= 11 is 0. The summed E-state index contributed by atoms with van der Waals surface area (Å²) in [4.78, 5) is 38.8. The van der Waals surface area contributed by atoms with E-state index in [9.17, 15) is 22.8 Å². The van der Waals surface area contributed by atoms with E-state index in [-0.39, 0.29) is 32.8 Å². The van der Waals surface area contributed by atoms with E-state index in [1.165, 1.54) is 4.90 Å². The number of hydrogen-bond acceptors (Lipinski definition) is 6. The second kappa shape index (κ2) is 6.40. The Labute approximate surface area is 127 Å². The van der Waals surface area contributed by atoms with Crippen LogP contribution < -0.4 is 5.32 Å². The van der Waals surface area contributed by atoms with E-state index in [0.29, 0.717) is 0 Å². The molecule has 2 aliphatic heterocycles. The first-order valence-corrected chi connectivity index (χ1v) is 8.16. The van der Waals surface area contributed by atoms with Crippen molar-refractivity contribution in [1.29, 1.82) is 0 Å². The number of carbonyl (C=O) groups is 3. The molecule has 1 unspecified atom stereocenters. The number of hydrogen-bond donors (Lipinski definition) is 1. The minimum absolute atomic E-state index is 0.0483. The molecule has 0 spiro atoms. The lowest BCUT2D eigenvalue weighted by Gasteiger charge is -2.34. The molecule has 1 atom stereocenters. The van der Waals surface area contributed by atoms with E-state index < -0.39 is 33.3 Å². The Balaban J connectivity index is 2.04. The van der Waals surface area contributed by atoms with Crippen molar-refractivity contribution >= 4 is 34.3 Å². The van der Waals surface area contributed by atoms with E-state index in [1.807, 2.05) is 5.32 Å². The number of nitrogens with zero attached hydrogens (tertiary/aromatic N) is 3. The Morgan fingerprint density at radius 3 is 2.55 bits per heavy atom. The molecule has 0 aliphatic carbocycles. The zero-order chi connectivity index (χ0) is 16.3. The monoisotopic (exact) mass is 332 g/mol. The molecule has 0 saturated carbocycles. The number of ether oxygens (including phenoxy) is 1. The average molecular weight is 332 g/mol. The molecular formula is C11H16N4O6S. The zero-order valence-corrected chi connectivity index (χ0v) is 12.7. The standard InChI is InChI=1S/C11H16N4O6S/c1-2-21-11(18)14-3-5-15(6-4-14)22(19,20)8-7-12-10(17)13-9(8)16/h7-8H,2-6H2,1H3,(H,13,16,17). The summed E-state index contributed by atoms with van der Waals surface area (Å²) in [5.74, 6) is -0.923. The lowest BCUT2D eigenvalue weighted by Crippen LogP contribution is -2.56. The molecular weight excluding hydrogens is 316 g/mol. The smallest absolute Gasteiger partial charge is 0.409 e. The third-order valence-corrected chi connectivity index (χ3v) is 5.32. The Kier molecular flexibility index (Phi) is 4.76. The average Bonchev–Trinajstić information content (AvgIpc) is 2.47. The van der Waals surface area contributed by atoms with Crippen LogP contribution in [0.25, 0.3) is 0 Å². The Morgan fingerprint density at radius 1 is 1.36 bits per heavy atom. The fourth-order valence-corrected chi connectivity index (χ4v) is 3.66. The second-order valence-electron chi connectivity index (χ2n) is 4.62. The van der Waals surface area contributed by atoms with Gasteiger partial charge < -0.3 is 9.64 Å². The first-order valence-electron chi connectivity index (χ1n) is 6.66. The highest BCUT2D eigenvalue weighted by molar-refractivity contribution is 7.91. The summed E-state index contributed by atoms with van der Waals surface area (Å²) in [5, 5.41) is 0.324. The highest BCUT2D eigenvalue weighted by atomic mass is 32.2. The van der Waals surface area contributed by atoms with Gasteiger partial charge in [0.05, 0.1) is 6.61 Å². The lowest BCUT2D eigenvalue weighted by atomic mass is 10.4. The molecule has 0 radical (unpaired) electrons. The molecule has 1 N–H and O–H groups in total. The molecule has 10 nitrogen and oxygen atoms in total. The molecule has 122 valence electrons. The summed E-state index contributed by atoms with van der Waals surface area (Å²) in [6.45, 7) is 2.36. The fraction of sp³-hybridized carbons (Fsp3) is 0.636. The number of sulfonamides is 1. The zero-order valence-electron chi connectivity index (χ0n) is 11.9. The predicted octanol–water partition coefficient (Wildman–Crippen LogP) is -1.22. The van der Waals surface area contributed by atoms with Crippen LogP contribution in [-0.4, -0.2) is 79.9 Å². The van der Waals surface area contributed by atoms with Gasteiger partial charge in [-0.05, 0) is 6.92 Å². The molecule has 2 heterocycles. The van der Waals surface area contributed by atoms with E-state index in [0.717, 1.165) is 10.5 Å². The summed E-state index contributed by atoms with van der Waals surface area (Å²) < 4.78 is 30.7. The molecule has 0 aromatic carbocycles. The van der Waals surface area contributed by atoms with Crippen LogP contribution in [-0.2, 0) is 19.6 Å². The second-order valence-corrected chi connectivity index (χ2v) is 6.68. The van der Waals surface area contributed by atoms with Crippen molar-refractivity contribution < 1.29 is 27.5 Å². The fourth-order valence-electron chi connectivity index (χ4n) is 2.12. The SMILES string of the molecule is CCOC(=O)N1CCN(S(=O)(=O)C2C=NC(=O)NC2=O)CC1. The summed E-state index contributed by atoms with van der Waals surface area (Å²) in [6.07, 6.45) is 0.330. The van der Waals surface area contributed by atoms with Gasteiger partial charge in [-0.2, -0.15) is 4.31 Å². The van der Waals surface area contributed by atoms with Gasteiger partial charge in [-0.1, -0.05) is 0 Å². The van der Waals surface area contributed by atoms with Crippen LogP contribution in [0.2, 0.25) is 0 Å². The van der Waals surface area contributed by atoms with Crippen LogP contribution in [0.15, 0.2) is 4.99 Å². The summed E-state index contributed by atoms with van der Waals surface area (Å²) in [5.41, 5.74) is 0. The number of imide groups is 1. The third-order valence-electron chi connectivity index (χ3n) is 3.26. The molecule has 2 rings (SSSR count). The van der Waals surface area contributed by atoms with Gasteiger partial charge in [0, 0.05) is 32.4 Å². The number of piperazine rings is 1. The number of nitrogens with one attached hydrogen (secondary N) is 1. The number of aliphatic imine (C=N–C) groups is 1. The Morgan fingerprint density at radius 2 is 2.00 bits per heavy atom. The van der Waals surface area contributed by atoms with Crippen LogP contribution in [0.4, 0.5) is 9.59 Å². The van der Waals surface area contributed by atoms with Gasteiger partial charge in [0.25, 0.3) is 5.91 Å². The van der Waals surface area contributed by atoms with Crippen LogP contribution in [0.3, 0.4) is 0 Å². The highest BCUT2D eigenvalue weighted by Gasteiger charge is 2.40. The Bertz CT molecular complexity index is 608. The minimum atomic E-state index is -3.98. The first-order chi connectivity index (χ1) is 10.4. The minimum Gasteiger partial charge on any atom is -0.450 e. The molecule has 11 heteroatoms. The summed E-state index contributed by atoms with van der Waals surface area (Å²) in [6, 6.07) is -0.886. The number of rotatable bonds is 3. The van der Waals surface area contributed by atoms with Crippen molar-refractivity contribution in [3.8, 4) is 0 Å². The van der Waals surface area contributed by atoms with Gasteiger partial charge in [-0.15, -0.1) is 0 Å². The normalized spacial score (nSPS) is 23.3. The van der Waals surface area contributed by atoms with Gasteiger partial charge in [0.15, 0.2) is 5.25 Å². The maximum atomic E-state index is 12.4. The van der Waals surface area contributed by atoms with Crippen LogP contribution in [0, 0.1) is 0 Å². The molecule has 1 saturated heterocycles. The molecule has 1 fully saturated rings. The maximum Gasteiger partial charge on any atom is 0.409 e. The van der Waals surface area contributed by atoms with Gasteiger partial charge in [-0.3, -0.25) is 10.1 Å². The third kappa shape index (κ3) is 3.25. The number of carbonyl (C=O) groups excluding carboxylic acids is 3. The molecule has 22 heavy (non-hydrogen) atoms. The maximum absolute atomic E-state index is 12.4. The highest BCUT2D eigenvalue weighted by Crippen LogP contribution is 2.14. The number of amides is 4. The van der Waals surface area contributed by atoms with Crippen molar-refractivity contribution in [1.82, 2.24) is 14.5 Å². The topological polar surface area (TPSA) is 125 Å². The van der Waals surface area contributed by atoms with Crippen molar-refractivity contribution in [2.24, 2.45) is 4.99 Å². The van der Waals surface area contributed by atoms with Crippen molar-refractivity contribution in [3.63, 3.8) is 0 Å². The van der Waals surface area contributed by atoms with Crippen molar-refractivity contribution in [2.75, 3.05) is 32.8 Å². The van der Waals surface area contributed by atoms with E-state index in [2.05, 4.69) is 4.99 Å². The largest absolute Gasteiger partial charge is 0.450 e. The first kappa shape index (κ1) is 16.4. The van der Waals surface area contributed by atoms with Crippen LogP contribution in [0.5, 0.6) is 0 Å². The molecule has 0 bridgehead atoms. The number of urea groups is 1. The lowest BCUT2D eigenvalue weighted by molar-refractivity contribution is -0.118. The van der Waals surface area contributed by atoms with Crippen molar-refractivity contribution in [2.45, 2.75) is 12.2 Å². The van der Waals surface area contributed by atoms with Gasteiger partial charge in [0.2, 0.25) is 10.0 Å².